The van der Waals surface area contributed by atoms with E-state index in [1.54, 1.807) is 16.9 Å². The van der Waals surface area contributed by atoms with Crippen molar-refractivity contribution >= 4 is 40.0 Å². The minimum absolute atomic E-state index is 0.435. The Morgan fingerprint density at radius 2 is 2.08 bits per heavy atom. The second-order valence-corrected chi connectivity index (χ2v) is 4.42. The van der Waals surface area contributed by atoms with Crippen molar-refractivity contribution in [2.24, 2.45) is 0 Å². The predicted molar refractivity (Wildman–Crippen MR) is 54.3 cm³/mol. The molecule has 0 bridgehead atoms. The zero-order valence-corrected chi connectivity index (χ0v) is 8.08. The standard InChI is InChI=1S/C8H5NO2S2/c10-3-5-1-2-7-8(6(5)4-11)9-13-12-7/h1-4,9H. The van der Waals surface area contributed by atoms with Gasteiger partial charge in [-0.3, -0.25) is 9.59 Å². The normalized spacial score (nSPS) is 13.2. The molecule has 0 unspecified atom stereocenters. The van der Waals surface area contributed by atoms with Gasteiger partial charge < -0.3 is 4.72 Å². The molecule has 0 spiro atoms. The van der Waals surface area contributed by atoms with Crippen LogP contribution >= 0.6 is 21.8 Å². The lowest BCUT2D eigenvalue weighted by atomic mass is 10.1. The van der Waals surface area contributed by atoms with E-state index in [-0.39, 0.29) is 0 Å². The molecular formula is C8H5NO2S2. The van der Waals surface area contributed by atoms with E-state index in [0.29, 0.717) is 23.7 Å². The number of nitrogens with one attached hydrogen (secondary N) is 1. The number of carbonyl (C=O) groups excluding carboxylic acids is 2. The number of aldehydes is 2. The van der Waals surface area contributed by atoms with Gasteiger partial charge in [0.15, 0.2) is 12.6 Å². The van der Waals surface area contributed by atoms with Crippen molar-refractivity contribution in [3.63, 3.8) is 0 Å². The summed E-state index contributed by atoms with van der Waals surface area (Å²) in [5.74, 6) is 0. The molecule has 0 saturated carbocycles. The fourth-order valence-electron chi connectivity index (χ4n) is 1.13. The Morgan fingerprint density at radius 1 is 1.23 bits per heavy atom. The maximum atomic E-state index is 10.7. The summed E-state index contributed by atoms with van der Waals surface area (Å²) in [7, 11) is 2.99. The van der Waals surface area contributed by atoms with Crippen LogP contribution in [0, 0.1) is 0 Å². The van der Waals surface area contributed by atoms with E-state index in [0.717, 1.165) is 10.6 Å². The van der Waals surface area contributed by atoms with Gasteiger partial charge in [-0.25, -0.2) is 0 Å². The molecule has 0 aromatic heterocycles. The molecule has 0 fully saturated rings. The van der Waals surface area contributed by atoms with Crippen LogP contribution in [0.4, 0.5) is 5.69 Å². The summed E-state index contributed by atoms with van der Waals surface area (Å²) in [6.45, 7) is 0. The molecule has 0 radical (unpaired) electrons. The molecule has 0 amide bonds. The predicted octanol–water partition coefficient (Wildman–Crippen LogP) is 2.39. The summed E-state index contributed by atoms with van der Waals surface area (Å²) >= 11 is 0. The zero-order chi connectivity index (χ0) is 9.26. The van der Waals surface area contributed by atoms with E-state index in [2.05, 4.69) is 4.72 Å². The Balaban J connectivity index is 2.65. The zero-order valence-electron chi connectivity index (χ0n) is 6.44. The minimum Gasteiger partial charge on any atom is -0.319 e. The van der Waals surface area contributed by atoms with E-state index < -0.39 is 0 Å². The highest BCUT2D eigenvalue weighted by Gasteiger charge is 2.18. The van der Waals surface area contributed by atoms with Gasteiger partial charge in [0.2, 0.25) is 0 Å². The fraction of sp³-hybridized carbons (Fsp3) is 0. The maximum absolute atomic E-state index is 10.7. The van der Waals surface area contributed by atoms with Gasteiger partial charge in [-0.2, -0.15) is 0 Å². The number of anilines is 1. The first-order chi connectivity index (χ1) is 6.36. The topological polar surface area (TPSA) is 46.2 Å². The van der Waals surface area contributed by atoms with Crippen molar-refractivity contribution < 1.29 is 9.59 Å². The first-order valence-electron chi connectivity index (χ1n) is 3.53. The number of benzene rings is 1. The number of rotatable bonds is 2. The van der Waals surface area contributed by atoms with Crippen LogP contribution in [0.3, 0.4) is 0 Å². The second kappa shape index (κ2) is 3.43. The van der Waals surface area contributed by atoms with Crippen LogP contribution in [0.1, 0.15) is 20.7 Å². The minimum atomic E-state index is 0.435. The molecule has 1 aliphatic heterocycles. The van der Waals surface area contributed by atoms with E-state index in [9.17, 15) is 9.59 Å². The smallest absolute Gasteiger partial charge is 0.152 e. The lowest BCUT2D eigenvalue weighted by Crippen LogP contribution is -1.95. The van der Waals surface area contributed by atoms with Gasteiger partial charge in [-0.1, -0.05) is 0 Å². The van der Waals surface area contributed by atoms with Gasteiger partial charge in [-0.15, -0.1) is 0 Å². The Kier molecular flexibility index (Phi) is 2.28. The van der Waals surface area contributed by atoms with Gasteiger partial charge in [0.05, 0.1) is 5.69 Å². The molecule has 1 heterocycles. The van der Waals surface area contributed by atoms with Crippen molar-refractivity contribution in [1.82, 2.24) is 0 Å². The average molecular weight is 211 g/mol. The second-order valence-electron chi connectivity index (χ2n) is 2.45. The lowest BCUT2D eigenvalue weighted by Gasteiger charge is -2.02. The van der Waals surface area contributed by atoms with Gasteiger partial charge in [0.1, 0.15) is 0 Å². The molecule has 0 saturated heterocycles. The molecule has 0 aliphatic carbocycles. The summed E-state index contributed by atoms with van der Waals surface area (Å²) in [4.78, 5) is 22.3. The molecule has 5 heteroatoms. The molecule has 13 heavy (non-hydrogen) atoms. The summed E-state index contributed by atoms with van der Waals surface area (Å²) < 4.78 is 2.98. The number of carbonyl (C=O) groups is 2. The van der Waals surface area contributed by atoms with Gasteiger partial charge in [0, 0.05) is 27.0 Å². The summed E-state index contributed by atoms with van der Waals surface area (Å²) in [6, 6.07) is 3.50. The van der Waals surface area contributed by atoms with E-state index >= 15 is 0 Å². The Labute approximate surface area is 82.8 Å². The maximum Gasteiger partial charge on any atom is 0.152 e. The van der Waals surface area contributed by atoms with Gasteiger partial charge >= 0.3 is 0 Å². The summed E-state index contributed by atoms with van der Waals surface area (Å²) in [5.41, 5.74) is 1.64. The molecule has 1 N–H and O–H groups in total. The Hall–Kier alpha value is -0.940. The van der Waals surface area contributed by atoms with Crippen LogP contribution in [-0.4, -0.2) is 12.6 Å². The van der Waals surface area contributed by atoms with Crippen LogP contribution in [0.5, 0.6) is 0 Å². The molecule has 1 aromatic rings. The lowest BCUT2D eigenvalue weighted by molar-refractivity contribution is 0.109. The summed E-state index contributed by atoms with van der Waals surface area (Å²) in [6.07, 6.45) is 1.40. The van der Waals surface area contributed by atoms with Crippen LogP contribution in [0.15, 0.2) is 17.0 Å². The van der Waals surface area contributed by atoms with Crippen LogP contribution in [-0.2, 0) is 0 Å². The molecule has 1 aromatic carbocycles. The third-order valence-corrected chi connectivity index (χ3v) is 3.69. The van der Waals surface area contributed by atoms with E-state index in [4.69, 9.17) is 0 Å². The number of hydrogen-bond donors (Lipinski definition) is 1. The van der Waals surface area contributed by atoms with Crippen LogP contribution in [0.2, 0.25) is 0 Å². The quantitative estimate of drug-likeness (QED) is 0.462. The van der Waals surface area contributed by atoms with Gasteiger partial charge in [-0.05, 0) is 22.9 Å². The van der Waals surface area contributed by atoms with Crippen molar-refractivity contribution in [3.8, 4) is 0 Å². The Morgan fingerprint density at radius 3 is 2.77 bits per heavy atom. The third kappa shape index (κ3) is 1.34. The highest BCUT2D eigenvalue weighted by atomic mass is 33.1. The molecule has 3 nitrogen and oxygen atoms in total. The van der Waals surface area contributed by atoms with E-state index in [1.165, 1.54) is 11.0 Å². The molecule has 2 rings (SSSR count). The van der Waals surface area contributed by atoms with Crippen molar-refractivity contribution in [2.75, 3.05) is 4.72 Å². The highest BCUT2D eigenvalue weighted by Crippen LogP contribution is 2.46. The number of hydrogen-bond acceptors (Lipinski definition) is 5. The monoisotopic (exact) mass is 211 g/mol. The van der Waals surface area contributed by atoms with Crippen LogP contribution in [0.25, 0.3) is 0 Å². The van der Waals surface area contributed by atoms with Crippen molar-refractivity contribution in [3.05, 3.63) is 23.3 Å². The third-order valence-electron chi connectivity index (χ3n) is 1.76. The molecular weight excluding hydrogens is 206 g/mol. The van der Waals surface area contributed by atoms with Gasteiger partial charge in [0.25, 0.3) is 0 Å². The Bertz CT molecular complexity index is 379. The van der Waals surface area contributed by atoms with Crippen molar-refractivity contribution in [2.45, 2.75) is 4.90 Å². The van der Waals surface area contributed by atoms with E-state index in [1.807, 2.05) is 6.07 Å². The van der Waals surface area contributed by atoms with Crippen LogP contribution < -0.4 is 4.72 Å². The largest absolute Gasteiger partial charge is 0.319 e. The average Bonchev–Trinajstić information content (AvgIpc) is 2.63. The molecule has 66 valence electrons. The SMILES string of the molecule is O=Cc1ccc2c(c1C=O)NSS2. The summed E-state index contributed by atoms with van der Waals surface area (Å²) in [5, 5.41) is 0. The molecule has 1 aliphatic rings. The first-order valence-corrected chi connectivity index (χ1v) is 5.68. The highest BCUT2D eigenvalue weighted by molar-refractivity contribution is 8.77. The first kappa shape index (κ1) is 8.65. The molecule has 0 atom stereocenters. The number of fused-ring (bicyclic) bond motifs is 1. The van der Waals surface area contributed by atoms with Crippen molar-refractivity contribution in [1.29, 1.82) is 0 Å². The fourth-order valence-corrected chi connectivity index (χ4v) is 3.06.